The molecule has 3 aromatic rings. The van der Waals surface area contributed by atoms with E-state index in [1.807, 2.05) is 36.4 Å². The fourth-order valence-corrected chi connectivity index (χ4v) is 2.65. The highest BCUT2D eigenvalue weighted by molar-refractivity contribution is 6.13. The third-order valence-corrected chi connectivity index (χ3v) is 4.15. The Kier molecular flexibility index (Phi) is 5.29. The molecule has 3 rings (SSSR count). The molecule has 0 aromatic heterocycles. The lowest BCUT2D eigenvalue weighted by molar-refractivity contribution is -0.124. The molecule has 0 spiro atoms. The quantitative estimate of drug-likeness (QED) is 0.730. The average Bonchev–Trinajstić information content (AvgIpc) is 2.67. The molecule has 1 atom stereocenters. The Hall–Kier alpha value is -3.18. The highest BCUT2D eigenvalue weighted by Crippen LogP contribution is 2.21. The molecular formula is C21H20N2O3. The summed E-state index contributed by atoms with van der Waals surface area (Å²) in [5, 5.41) is 7.55. The summed E-state index contributed by atoms with van der Waals surface area (Å²) in [6.45, 7) is 1.67. The van der Waals surface area contributed by atoms with Crippen LogP contribution in [0.3, 0.4) is 0 Å². The van der Waals surface area contributed by atoms with Gasteiger partial charge >= 0.3 is 0 Å². The van der Waals surface area contributed by atoms with Crippen LogP contribution >= 0.6 is 0 Å². The molecule has 3 aromatic carbocycles. The van der Waals surface area contributed by atoms with Crippen LogP contribution in [0.15, 0.2) is 66.7 Å². The van der Waals surface area contributed by atoms with Crippen LogP contribution in [-0.4, -0.2) is 25.0 Å². The summed E-state index contributed by atoms with van der Waals surface area (Å²) in [5.41, 5.74) is 1.80. The van der Waals surface area contributed by atoms with Crippen LogP contribution in [0, 0.1) is 0 Å². The molecule has 132 valence electrons. The highest BCUT2D eigenvalue weighted by atomic mass is 16.5. The van der Waals surface area contributed by atoms with Crippen LogP contribution in [-0.2, 0) is 9.53 Å². The Morgan fingerprint density at radius 1 is 0.885 bits per heavy atom. The number of carbonyl (C=O) groups is 2. The van der Waals surface area contributed by atoms with Gasteiger partial charge in [0.25, 0.3) is 11.8 Å². The molecule has 2 amide bonds. The Labute approximate surface area is 152 Å². The van der Waals surface area contributed by atoms with Crippen LogP contribution in [0.1, 0.15) is 17.3 Å². The predicted molar refractivity (Wildman–Crippen MR) is 103 cm³/mol. The molecule has 0 aliphatic rings. The fourth-order valence-electron chi connectivity index (χ4n) is 2.65. The molecule has 0 saturated heterocycles. The van der Waals surface area contributed by atoms with Crippen molar-refractivity contribution in [2.75, 3.05) is 17.7 Å². The minimum absolute atomic E-state index is 0.199. The SMILES string of the molecule is CO[C@@H](C)C(=O)Nc1cccc(NC(=O)c2cccc3ccccc23)c1. The molecule has 0 heterocycles. The van der Waals surface area contributed by atoms with Crippen LogP contribution in [0.5, 0.6) is 0 Å². The number of anilines is 2. The lowest BCUT2D eigenvalue weighted by Crippen LogP contribution is -2.26. The van der Waals surface area contributed by atoms with Gasteiger partial charge in [-0.15, -0.1) is 0 Å². The molecule has 5 heteroatoms. The zero-order chi connectivity index (χ0) is 18.5. The summed E-state index contributed by atoms with van der Waals surface area (Å²) in [6.07, 6.45) is -0.552. The first kappa shape index (κ1) is 17.6. The van der Waals surface area contributed by atoms with E-state index in [0.29, 0.717) is 16.9 Å². The van der Waals surface area contributed by atoms with Gasteiger partial charge < -0.3 is 15.4 Å². The van der Waals surface area contributed by atoms with E-state index >= 15 is 0 Å². The van der Waals surface area contributed by atoms with Crippen molar-refractivity contribution in [3.63, 3.8) is 0 Å². The second-order valence-electron chi connectivity index (χ2n) is 5.93. The van der Waals surface area contributed by atoms with Gasteiger partial charge in [0, 0.05) is 24.0 Å². The van der Waals surface area contributed by atoms with Gasteiger partial charge in [-0.25, -0.2) is 0 Å². The van der Waals surface area contributed by atoms with Gasteiger partial charge in [-0.3, -0.25) is 9.59 Å². The molecule has 0 unspecified atom stereocenters. The second-order valence-corrected chi connectivity index (χ2v) is 5.93. The maximum Gasteiger partial charge on any atom is 0.256 e. The maximum absolute atomic E-state index is 12.7. The summed E-state index contributed by atoms with van der Waals surface area (Å²) >= 11 is 0. The Morgan fingerprint density at radius 3 is 2.31 bits per heavy atom. The van der Waals surface area contributed by atoms with Gasteiger partial charge in [0.15, 0.2) is 0 Å². The first-order valence-corrected chi connectivity index (χ1v) is 8.31. The van der Waals surface area contributed by atoms with Gasteiger partial charge in [0.2, 0.25) is 0 Å². The first-order valence-electron chi connectivity index (χ1n) is 8.31. The average molecular weight is 348 g/mol. The van der Waals surface area contributed by atoms with E-state index in [1.165, 1.54) is 7.11 Å². The minimum Gasteiger partial charge on any atom is -0.372 e. The van der Waals surface area contributed by atoms with Gasteiger partial charge in [0.05, 0.1) is 0 Å². The Balaban J connectivity index is 1.79. The standard InChI is InChI=1S/C21H20N2O3/c1-14(26-2)20(24)22-16-9-6-10-17(13-16)23-21(25)19-12-5-8-15-7-3-4-11-18(15)19/h3-14H,1-2H3,(H,22,24)(H,23,25)/t14-/m0/s1. The molecule has 0 radical (unpaired) electrons. The molecule has 0 aliphatic carbocycles. The number of ether oxygens (including phenoxy) is 1. The number of hydrogen-bond acceptors (Lipinski definition) is 3. The number of hydrogen-bond donors (Lipinski definition) is 2. The molecule has 0 aliphatic heterocycles. The van der Waals surface area contributed by atoms with Crippen molar-refractivity contribution in [3.8, 4) is 0 Å². The number of nitrogens with one attached hydrogen (secondary N) is 2. The van der Waals surface area contributed by atoms with E-state index in [9.17, 15) is 9.59 Å². The van der Waals surface area contributed by atoms with Crippen LogP contribution in [0.25, 0.3) is 10.8 Å². The Morgan fingerprint density at radius 2 is 1.54 bits per heavy atom. The molecule has 26 heavy (non-hydrogen) atoms. The van der Waals surface area contributed by atoms with Crippen molar-refractivity contribution in [3.05, 3.63) is 72.3 Å². The largest absolute Gasteiger partial charge is 0.372 e. The molecule has 0 bridgehead atoms. The number of amides is 2. The zero-order valence-electron chi connectivity index (χ0n) is 14.7. The smallest absolute Gasteiger partial charge is 0.256 e. The molecular weight excluding hydrogens is 328 g/mol. The lowest BCUT2D eigenvalue weighted by atomic mass is 10.0. The van der Waals surface area contributed by atoms with Crippen molar-refractivity contribution < 1.29 is 14.3 Å². The topological polar surface area (TPSA) is 67.4 Å². The van der Waals surface area contributed by atoms with Crippen LogP contribution in [0.4, 0.5) is 11.4 Å². The normalized spacial score (nSPS) is 11.8. The van der Waals surface area contributed by atoms with Crippen LogP contribution < -0.4 is 10.6 Å². The summed E-state index contributed by atoms with van der Waals surface area (Å²) in [5.74, 6) is -0.444. The molecule has 5 nitrogen and oxygen atoms in total. The fraction of sp³-hybridized carbons (Fsp3) is 0.143. The third kappa shape index (κ3) is 3.90. The van der Waals surface area contributed by atoms with E-state index < -0.39 is 6.10 Å². The third-order valence-electron chi connectivity index (χ3n) is 4.15. The van der Waals surface area contributed by atoms with E-state index in [-0.39, 0.29) is 11.8 Å². The summed E-state index contributed by atoms with van der Waals surface area (Å²) in [4.78, 5) is 24.6. The van der Waals surface area contributed by atoms with Crippen molar-refractivity contribution in [1.82, 2.24) is 0 Å². The molecule has 0 fully saturated rings. The van der Waals surface area contributed by atoms with Gasteiger partial charge in [-0.1, -0.05) is 42.5 Å². The van der Waals surface area contributed by atoms with Gasteiger partial charge in [-0.2, -0.15) is 0 Å². The maximum atomic E-state index is 12.7. The van der Waals surface area contributed by atoms with E-state index in [1.54, 1.807) is 37.3 Å². The Bertz CT molecular complexity index is 947. The number of fused-ring (bicyclic) bond motifs is 1. The van der Waals surface area contributed by atoms with Crippen molar-refractivity contribution in [2.45, 2.75) is 13.0 Å². The van der Waals surface area contributed by atoms with Crippen molar-refractivity contribution in [2.24, 2.45) is 0 Å². The monoisotopic (exact) mass is 348 g/mol. The molecule has 2 N–H and O–H groups in total. The van der Waals surface area contributed by atoms with Crippen molar-refractivity contribution >= 4 is 34.0 Å². The van der Waals surface area contributed by atoms with Crippen LogP contribution in [0.2, 0.25) is 0 Å². The van der Waals surface area contributed by atoms with E-state index in [4.69, 9.17) is 4.74 Å². The van der Waals surface area contributed by atoms with E-state index in [2.05, 4.69) is 10.6 Å². The van der Waals surface area contributed by atoms with Crippen molar-refractivity contribution in [1.29, 1.82) is 0 Å². The second kappa shape index (κ2) is 7.80. The van der Waals surface area contributed by atoms with Gasteiger partial charge in [0.1, 0.15) is 6.10 Å². The minimum atomic E-state index is -0.552. The highest BCUT2D eigenvalue weighted by Gasteiger charge is 2.13. The summed E-state index contributed by atoms with van der Waals surface area (Å²) in [6, 6.07) is 20.4. The lowest BCUT2D eigenvalue weighted by Gasteiger charge is -2.12. The number of benzene rings is 3. The predicted octanol–water partition coefficient (Wildman–Crippen LogP) is 4.07. The summed E-state index contributed by atoms with van der Waals surface area (Å²) in [7, 11) is 1.48. The zero-order valence-corrected chi connectivity index (χ0v) is 14.7. The number of rotatable bonds is 5. The first-order chi connectivity index (χ1) is 12.6. The summed E-state index contributed by atoms with van der Waals surface area (Å²) < 4.78 is 5.00. The molecule has 0 saturated carbocycles. The number of carbonyl (C=O) groups excluding carboxylic acids is 2. The van der Waals surface area contributed by atoms with E-state index in [0.717, 1.165) is 10.8 Å². The number of methoxy groups -OCH3 is 1. The van der Waals surface area contributed by atoms with Gasteiger partial charge in [-0.05, 0) is 42.0 Å².